The van der Waals surface area contributed by atoms with Crippen molar-refractivity contribution in [3.63, 3.8) is 0 Å². The third-order valence-corrected chi connectivity index (χ3v) is 39.4. The number of allylic oxidation sites excluding steroid dienone is 2. The standard InChI is InChI=1S/2C15H11.C3H6.3CH3.Hf/c2*1-2-6-12(7-3-1)14-10-4-8-13-9-5-11-15(13)14;1-3-2;;;;/h2*1-11H;1H,3H2,2H3;3*1H3;. The van der Waals surface area contributed by atoms with Gasteiger partial charge in [-0.15, -0.1) is 0 Å². The summed E-state index contributed by atoms with van der Waals surface area (Å²) in [5.41, 5.74) is 11.2. The van der Waals surface area contributed by atoms with Crippen molar-refractivity contribution < 1.29 is 16.5 Å². The average Bonchev–Trinajstić information content (AvgIpc) is 3.56. The zero-order valence-corrected chi connectivity index (χ0v) is 26.1. The molecule has 0 fully saturated rings. The van der Waals surface area contributed by atoms with Gasteiger partial charge in [0.05, 0.1) is 0 Å². The Morgan fingerprint density at radius 3 is 1.41 bits per heavy atom. The van der Waals surface area contributed by atoms with E-state index in [1.54, 1.807) is 0 Å². The molecule has 6 rings (SSSR count). The Hall–Kier alpha value is -2.90. The van der Waals surface area contributed by atoms with Gasteiger partial charge in [-0.1, -0.05) is 0 Å². The van der Waals surface area contributed by atoms with Crippen molar-refractivity contribution in [1.29, 1.82) is 0 Å². The molecular formula is C36H37Hf. The normalized spacial score (nSPS) is 19.7. The summed E-state index contributed by atoms with van der Waals surface area (Å²) >= 11 is -4.37. The van der Waals surface area contributed by atoms with Crippen molar-refractivity contribution in [3.8, 4) is 22.3 Å². The molecule has 0 saturated heterocycles. The summed E-state index contributed by atoms with van der Waals surface area (Å²) in [5, 5.41) is 0. The van der Waals surface area contributed by atoms with Gasteiger partial charge in [0.25, 0.3) is 0 Å². The van der Waals surface area contributed by atoms with Crippen molar-refractivity contribution in [2.24, 2.45) is 0 Å². The van der Waals surface area contributed by atoms with Crippen LogP contribution >= 0.6 is 0 Å². The summed E-state index contributed by atoms with van der Waals surface area (Å²) in [4.78, 5) is 0. The van der Waals surface area contributed by atoms with Crippen LogP contribution in [0.1, 0.15) is 42.9 Å². The second-order valence-corrected chi connectivity index (χ2v) is 52.2. The number of benzene rings is 4. The molecule has 2 aliphatic rings. The molecule has 37 heavy (non-hydrogen) atoms. The topological polar surface area (TPSA) is 0 Å². The second kappa shape index (κ2) is 8.30. The first kappa shape index (κ1) is 24.4. The molecule has 4 aromatic rings. The Morgan fingerprint density at radius 1 is 0.568 bits per heavy atom. The van der Waals surface area contributed by atoms with E-state index >= 15 is 0 Å². The molecule has 0 saturated carbocycles. The van der Waals surface area contributed by atoms with Crippen LogP contribution < -0.4 is 0 Å². The van der Waals surface area contributed by atoms with E-state index < -0.39 is 16.5 Å². The van der Waals surface area contributed by atoms with Crippen molar-refractivity contribution in [2.75, 3.05) is 0 Å². The Balaban J connectivity index is 1.55. The number of rotatable bonds is 5. The SMILES string of the molecule is CC[CH]=[Hf]([CH3])([CH3])([CH3])([CH]1C=Cc2c(-c3ccccc3)cccc21)[CH]1C=Cc2c(-c3ccccc3)cccc21. The summed E-state index contributed by atoms with van der Waals surface area (Å²) in [6.45, 7) is 2.34. The van der Waals surface area contributed by atoms with E-state index in [4.69, 9.17) is 0 Å². The van der Waals surface area contributed by atoms with Gasteiger partial charge >= 0.3 is 221 Å². The zero-order chi connectivity index (χ0) is 25.7. The van der Waals surface area contributed by atoms with Gasteiger partial charge in [0, 0.05) is 0 Å². The molecule has 0 radical (unpaired) electrons. The molecule has 4 aromatic carbocycles. The van der Waals surface area contributed by atoms with Crippen molar-refractivity contribution >= 4 is 15.9 Å². The van der Waals surface area contributed by atoms with E-state index in [1.165, 1.54) is 44.5 Å². The first-order chi connectivity index (χ1) is 17.8. The molecule has 0 heterocycles. The fourth-order valence-corrected chi connectivity index (χ4v) is 34.6. The van der Waals surface area contributed by atoms with Crippen molar-refractivity contribution in [3.05, 3.63) is 131 Å². The average molecular weight is 648 g/mol. The molecule has 1 heteroatoms. The van der Waals surface area contributed by atoms with E-state index in [1.807, 2.05) is 0 Å². The van der Waals surface area contributed by atoms with E-state index in [2.05, 4.69) is 146 Å². The Kier molecular flexibility index (Phi) is 5.48. The molecule has 0 bridgehead atoms. The van der Waals surface area contributed by atoms with Crippen LogP contribution in [0, 0.1) is 0 Å². The van der Waals surface area contributed by atoms with Crippen LogP contribution in [0.3, 0.4) is 0 Å². The van der Waals surface area contributed by atoms with Gasteiger partial charge in [0.1, 0.15) is 0 Å². The molecule has 2 unspecified atom stereocenters. The van der Waals surface area contributed by atoms with Gasteiger partial charge in [-0.2, -0.15) is 0 Å². The number of hydrogen-bond donors (Lipinski definition) is 0. The number of hydrogen-bond acceptors (Lipinski definition) is 0. The molecule has 2 aliphatic carbocycles. The summed E-state index contributed by atoms with van der Waals surface area (Å²) in [6.07, 6.45) is 11.1. The second-order valence-electron chi connectivity index (χ2n) is 13.2. The quantitative estimate of drug-likeness (QED) is 0.189. The first-order valence-electron chi connectivity index (χ1n) is 13.8. The molecule has 0 nitrogen and oxygen atoms in total. The van der Waals surface area contributed by atoms with Gasteiger partial charge in [-0.3, -0.25) is 0 Å². The first-order valence-corrected chi connectivity index (χ1v) is 30.8. The minimum absolute atomic E-state index is 0.439. The van der Waals surface area contributed by atoms with Crippen LogP contribution in [-0.4, -0.2) is 3.76 Å². The van der Waals surface area contributed by atoms with Crippen molar-refractivity contribution in [2.45, 2.75) is 34.7 Å². The van der Waals surface area contributed by atoms with Crippen LogP contribution in [-0.2, 0) is 16.5 Å². The third kappa shape index (κ3) is 3.69. The molecule has 0 amide bonds. The van der Waals surface area contributed by atoms with Crippen LogP contribution in [0.4, 0.5) is 0 Å². The van der Waals surface area contributed by atoms with Gasteiger partial charge in [-0.25, -0.2) is 0 Å². The summed E-state index contributed by atoms with van der Waals surface area (Å²) < 4.78 is 11.9. The molecule has 0 aliphatic heterocycles. The monoisotopic (exact) mass is 649 g/mol. The van der Waals surface area contributed by atoms with Gasteiger partial charge in [-0.05, 0) is 0 Å². The fourth-order valence-electron chi connectivity index (χ4n) is 7.80. The maximum atomic E-state index is 2.81. The predicted octanol–water partition coefficient (Wildman–Crippen LogP) is 10.4. The van der Waals surface area contributed by atoms with Crippen LogP contribution in [0.5, 0.6) is 0 Å². The Labute approximate surface area is 219 Å². The van der Waals surface area contributed by atoms with E-state index in [9.17, 15) is 0 Å². The molecule has 0 spiro atoms. The molecule has 0 N–H and O–H groups in total. The summed E-state index contributed by atoms with van der Waals surface area (Å²) in [6, 6.07) is 35.7. The summed E-state index contributed by atoms with van der Waals surface area (Å²) in [5.74, 6) is 0. The van der Waals surface area contributed by atoms with E-state index in [-0.39, 0.29) is 0 Å². The van der Waals surface area contributed by atoms with E-state index in [0.29, 0.717) is 7.35 Å². The van der Waals surface area contributed by atoms with Gasteiger partial charge in [0.15, 0.2) is 0 Å². The third-order valence-electron chi connectivity index (χ3n) is 9.67. The van der Waals surface area contributed by atoms with E-state index in [0.717, 1.165) is 6.42 Å². The predicted molar refractivity (Wildman–Crippen MR) is 161 cm³/mol. The molecule has 185 valence electrons. The maximum absolute atomic E-state index is 4.37. The molecular weight excluding hydrogens is 611 g/mol. The van der Waals surface area contributed by atoms with Gasteiger partial charge in [0.2, 0.25) is 0 Å². The van der Waals surface area contributed by atoms with Crippen LogP contribution in [0.15, 0.2) is 109 Å². The van der Waals surface area contributed by atoms with Crippen molar-refractivity contribution in [1.82, 2.24) is 0 Å². The van der Waals surface area contributed by atoms with Gasteiger partial charge < -0.3 is 0 Å². The molecule has 0 aromatic heterocycles. The summed E-state index contributed by atoms with van der Waals surface area (Å²) in [7, 11) is 0. The molecule has 2 atom stereocenters. The van der Waals surface area contributed by atoms with Crippen LogP contribution in [0.25, 0.3) is 34.4 Å². The zero-order valence-electron chi connectivity index (χ0n) is 22.5. The Morgan fingerprint density at radius 2 is 1.00 bits per heavy atom. The minimum atomic E-state index is -4.37. The van der Waals surface area contributed by atoms with Crippen LogP contribution in [0.2, 0.25) is 14.0 Å². The number of fused-ring (bicyclic) bond motifs is 2. The Bertz CT molecular complexity index is 1530. The fraction of sp³-hybridized carbons (Fsp3) is 0.194.